The largest absolute Gasteiger partial charge is 0.326 e. The van der Waals surface area contributed by atoms with E-state index in [4.69, 9.17) is 11.6 Å². The van der Waals surface area contributed by atoms with Crippen molar-refractivity contribution in [1.29, 1.82) is 0 Å². The average molecular weight is 488 g/mol. The van der Waals surface area contributed by atoms with E-state index in [1.165, 1.54) is 23.9 Å². The van der Waals surface area contributed by atoms with Crippen molar-refractivity contribution >= 4 is 40.7 Å². The number of benzene rings is 2. The molecule has 10 heteroatoms. The number of aromatic nitrogens is 3. The number of hydrogen-bond acceptors (Lipinski definition) is 6. The van der Waals surface area contributed by atoms with Crippen LogP contribution in [0.5, 0.6) is 0 Å². The van der Waals surface area contributed by atoms with Gasteiger partial charge in [-0.1, -0.05) is 23.4 Å². The van der Waals surface area contributed by atoms with Gasteiger partial charge in [-0.15, -0.1) is 10.2 Å². The van der Waals surface area contributed by atoms with Crippen LogP contribution in [0.4, 0.5) is 10.1 Å². The molecule has 1 N–H and O–H groups in total. The molecule has 3 aromatic rings. The second-order valence-electron chi connectivity index (χ2n) is 8.04. The van der Waals surface area contributed by atoms with Crippen molar-refractivity contribution in [2.24, 2.45) is 0 Å². The van der Waals surface area contributed by atoms with Gasteiger partial charge in [0, 0.05) is 22.8 Å². The number of fused-ring (bicyclic) bond motifs is 1. The Kier molecular flexibility index (Phi) is 6.83. The fourth-order valence-electron chi connectivity index (χ4n) is 3.53. The third-order valence-electron chi connectivity index (χ3n) is 5.61. The highest BCUT2D eigenvalue weighted by atomic mass is 35.5. The number of carbonyl (C=O) groups excluding carboxylic acids is 2. The van der Waals surface area contributed by atoms with Crippen molar-refractivity contribution in [2.75, 3.05) is 25.2 Å². The van der Waals surface area contributed by atoms with Gasteiger partial charge in [0.05, 0.1) is 17.4 Å². The zero-order valence-corrected chi connectivity index (χ0v) is 20.0. The van der Waals surface area contributed by atoms with Crippen molar-refractivity contribution in [3.05, 3.63) is 64.2 Å². The number of nitrogens with zero attached hydrogens (tertiary/aromatic N) is 4. The lowest BCUT2D eigenvalue weighted by atomic mass is 9.98. The summed E-state index contributed by atoms with van der Waals surface area (Å²) in [5, 5.41) is 12.5. The fraction of sp³-hybridized carbons (Fsp3) is 0.304. The minimum atomic E-state index is -0.650. The first-order chi connectivity index (χ1) is 15.7. The lowest BCUT2D eigenvalue weighted by molar-refractivity contribution is -0.116. The van der Waals surface area contributed by atoms with Gasteiger partial charge in [0.2, 0.25) is 5.91 Å². The highest BCUT2D eigenvalue weighted by Gasteiger charge is 2.24. The lowest BCUT2D eigenvalue weighted by Gasteiger charge is -2.20. The third kappa shape index (κ3) is 4.95. The molecule has 2 aromatic carbocycles. The molecule has 172 valence electrons. The Hall–Kier alpha value is -2.75. The molecule has 33 heavy (non-hydrogen) atoms. The Morgan fingerprint density at radius 2 is 1.97 bits per heavy atom. The molecule has 4 rings (SSSR count). The van der Waals surface area contributed by atoms with Crippen LogP contribution in [0.15, 0.2) is 41.6 Å². The molecule has 0 aliphatic carbocycles. The van der Waals surface area contributed by atoms with Gasteiger partial charge in [0.1, 0.15) is 5.82 Å². The van der Waals surface area contributed by atoms with E-state index in [-0.39, 0.29) is 29.0 Å². The van der Waals surface area contributed by atoms with Crippen LogP contribution in [0.25, 0.3) is 5.69 Å². The van der Waals surface area contributed by atoms with Crippen LogP contribution < -0.4 is 5.32 Å². The predicted molar refractivity (Wildman–Crippen MR) is 127 cm³/mol. The Morgan fingerprint density at radius 1 is 1.24 bits per heavy atom. The molecule has 0 fully saturated rings. The van der Waals surface area contributed by atoms with Gasteiger partial charge in [-0.3, -0.25) is 19.1 Å². The fourth-order valence-corrected chi connectivity index (χ4v) is 4.50. The number of hydrogen-bond donors (Lipinski definition) is 1. The summed E-state index contributed by atoms with van der Waals surface area (Å²) in [6.45, 7) is 2.01. The number of carbonyl (C=O) groups is 2. The summed E-state index contributed by atoms with van der Waals surface area (Å²) >= 11 is 7.25. The SMILES string of the molecule is CC(c1nnc(SCC(=O)c2cc3c(cc2F)NC(=O)CC3)n1-c1ccc(Cl)cc1)N(C)C. The van der Waals surface area contributed by atoms with E-state index in [2.05, 4.69) is 15.5 Å². The number of thioether (sulfide) groups is 1. The molecular formula is C23H23ClFN5O2S. The maximum Gasteiger partial charge on any atom is 0.224 e. The second kappa shape index (κ2) is 9.62. The van der Waals surface area contributed by atoms with Crippen LogP contribution in [0, 0.1) is 5.82 Å². The van der Waals surface area contributed by atoms with Gasteiger partial charge in [-0.25, -0.2) is 4.39 Å². The van der Waals surface area contributed by atoms with Gasteiger partial charge in [-0.2, -0.15) is 0 Å². The zero-order valence-electron chi connectivity index (χ0n) is 18.4. The minimum Gasteiger partial charge on any atom is -0.326 e. The number of amides is 1. The predicted octanol–water partition coefficient (Wildman–Crippen LogP) is 4.54. The summed E-state index contributed by atoms with van der Waals surface area (Å²) in [5.74, 6) is -0.453. The first kappa shape index (κ1) is 23.4. The number of aryl methyl sites for hydroxylation is 1. The highest BCUT2D eigenvalue weighted by Crippen LogP contribution is 2.30. The number of rotatable bonds is 7. The summed E-state index contributed by atoms with van der Waals surface area (Å²) in [5.41, 5.74) is 2.02. The number of halogens is 2. The highest BCUT2D eigenvalue weighted by molar-refractivity contribution is 7.99. The molecular weight excluding hydrogens is 465 g/mol. The molecule has 7 nitrogen and oxygen atoms in total. The van der Waals surface area contributed by atoms with Gasteiger partial charge in [0.25, 0.3) is 0 Å². The van der Waals surface area contributed by atoms with Crippen LogP contribution in [-0.2, 0) is 11.2 Å². The minimum absolute atomic E-state index is 0.00979. The molecule has 1 atom stereocenters. The molecule has 1 aliphatic heterocycles. The van der Waals surface area contributed by atoms with Gasteiger partial charge < -0.3 is 5.32 Å². The van der Waals surface area contributed by atoms with Crippen molar-refractivity contribution in [3.8, 4) is 5.69 Å². The standard InChI is InChI=1S/C23H23ClFN5O2S/c1-13(29(2)3)22-27-28-23(30(22)16-7-5-15(24)6-8-16)33-12-20(31)17-10-14-4-9-21(32)26-19(14)11-18(17)25/h5-8,10-11,13H,4,9,12H2,1-3H3,(H,26,32). The van der Waals surface area contributed by atoms with Crippen LogP contribution in [0.1, 0.15) is 41.1 Å². The molecule has 0 radical (unpaired) electrons. The van der Waals surface area contributed by atoms with E-state index in [9.17, 15) is 14.0 Å². The zero-order chi connectivity index (χ0) is 23.7. The first-order valence-electron chi connectivity index (χ1n) is 10.4. The molecule has 0 bridgehead atoms. The van der Waals surface area contributed by atoms with Gasteiger partial charge >= 0.3 is 0 Å². The van der Waals surface area contributed by atoms with Gasteiger partial charge in [-0.05, 0) is 69.4 Å². The van der Waals surface area contributed by atoms with Crippen molar-refractivity contribution in [2.45, 2.75) is 31.0 Å². The van der Waals surface area contributed by atoms with Crippen molar-refractivity contribution in [1.82, 2.24) is 19.7 Å². The molecule has 1 aromatic heterocycles. The van der Waals surface area contributed by atoms with E-state index >= 15 is 0 Å². The number of nitrogens with one attached hydrogen (secondary N) is 1. The summed E-state index contributed by atoms with van der Waals surface area (Å²) in [6.07, 6.45) is 0.795. The van der Waals surface area contributed by atoms with Crippen LogP contribution in [0.2, 0.25) is 5.02 Å². The van der Waals surface area contributed by atoms with Gasteiger partial charge in [0.15, 0.2) is 16.8 Å². The maximum atomic E-state index is 14.6. The molecule has 0 saturated carbocycles. The number of anilines is 1. The normalized spacial score (nSPS) is 14.2. The van der Waals surface area contributed by atoms with E-state index in [1.54, 1.807) is 12.1 Å². The second-order valence-corrected chi connectivity index (χ2v) is 9.42. The quantitative estimate of drug-likeness (QED) is 0.389. The summed E-state index contributed by atoms with van der Waals surface area (Å²) in [4.78, 5) is 26.5. The first-order valence-corrected chi connectivity index (χ1v) is 11.8. The lowest BCUT2D eigenvalue weighted by Crippen LogP contribution is -2.21. The molecule has 1 unspecified atom stereocenters. The Balaban J connectivity index is 1.60. The summed E-state index contributed by atoms with van der Waals surface area (Å²) in [6, 6.07) is 10.0. The average Bonchev–Trinajstić information content (AvgIpc) is 3.20. The summed E-state index contributed by atoms with van der Waals surface area (Å²) in [7, 11) is 3.90. The third-order valence-corrected chi connectivity index (χ3v) is 6.79. The van der Waals surface area contributed by atoms with Crippen LogP contribution in [-0.4, -0.2) is 51.2 Å². The van der Waals surface area contributed by atoms with E-state index < -0.39 is 5.82 Å². The monoisotopic (exact) mass is 487 g/mol. The molecule has 2 heterocycles. The Bertz CT molecular complexity index is 1210. The van der Waals surface area contributed by atoms with Crippen molar-refractivity contribution < 1.29 is 14.0 Å². The Labute approximate surface area is 200 Å². The molecule has 0 saturated heterocycles. The summed E-state index contributed by atoms with van der Waals surface area (Å²) < 4.78 is 16.5. The van der Waals surface area contributed by atoms with E-state index in [0.717, 1.165) is 11.3 Å². The number of ketones is 1. The van der Waals surface area contributed by atoms with E-state index in [0.29, 0.717) is 34.5 Å². The molecule has 1 amide bonds. The van der Waals surface area contributed by atoms with Crippen LogP contribution >= 0.6 is 23.4 Å². The Morgan fingerprint density at radius 3 is 2.67 bits per heavy atom. The smallest absolute Gasteiger partial charge is 0.224 e. The van der Waals surface area contributed by atoms with Crippen molar-refractivity contribution in [3.63, 3.8) is 0 Å². The van der Waals surface area contributed by atoms with Crippen LogP contribution in [0.3, 0.4) is 0 Å². The number of Topliss-reactive ketones (excluding diaryl/α,β-unsaturated/α-hetero) is 1. The molecule has 1 aliphatic rings. The van der Waals surface area contributed by atoms with E-state index in [1.807, 2.05) is 42.6 Å². The molecule has 0 spiro atoms. The topological polar surface area (TPSA) is 80.1 Å². The maximum absolute atomic E-state index is 14.6.